The van der Waals surface area contributed by atoms with E-state index in [1.54, 1.807) is 0 Å². The first kappa shape index (κ1) is 17.1. The van der Waals surface area contributed by atoms with E-state index < -0.39 is 37.6 Å². The number of benzene rings is 1. The first-order valence-corrected chi connectivity index (χ1v) is 10.8. The van der Waals surface area contributed by atoms with Crippen LogP contribution in [-0.2, 0) is 4.79 Å². The molecule has 23 heavy (non-hydrogen) atoms. The van der Waals surface area contributed by atoms with Crippen LogP contribution in [0.3, 0.4) is 0 Å². The molecule has 2 rings (SSSR count). The fraction of sp³-hybridized carbons (Fsp3) is 0.333. The third kappa shape index (κ3) is 4.16. The van der Waals surface area contributed by atoms with Crippen molar-refractivity contribution in [2.75, 3.05) is 0 Å². The number of halogens is 2. The Morgan fingerprint density at radius 3 is 2.48 bits per heavy atom. The summed E-state index contributed by atoms with van der Waals surface area (Å²) in [5.74, 6) is -3.33. The number of carboxylic acid groups (broad SMARTS) is 1. The van der Waals surface area contributed by atoms with Crippen LogP contribution in [-0.4, -0.2) is 36.1 Å². The van der Waals surface area contributed by atoms with Crippen LogP contribution in [0.25, 0.3) is 10.9 Å². The van der Waals surface area contributed by atoms with E-state index in [0.717, 1.165) is 6.07 Å². The minimum absolute atomic E-state index is 0.00798. The minimum atomic E-state index is -1.71. The highest BCUT2D eigenvalue weighted by Crippen LogP contribution is 2.20. The van der Waals surface area contributed by atoms with Crippen molar-refractivity contribution in [3.05, 3.63) is 35.5 Å². The molecule has 1 atom stereocenters. The number of carbonyl (C=O) groups excluding carboxylic acids is 1. The Balaban J connectivity index is 2.26. The summed E-state index contributed by atoms with van der Waals surface area (Å²) < 4.78 is 26.8. The van der Waals surface area contributed by atoms with E-state index in [9.17, 15) is 23.5 Å². The van der Waals surface area contributed by atoms with Gasteiger partial charge in [-0.05, 0) is 18.2 Å². The molecule has 8 heteroatoms. The molecule has 3 N–H and O–H groups in total. The number of fused-ring (bicyclic) bond motifs is 1. The number of carboxylic acids is 1. The van der Waals surface area contributed by atoms with Crippen LogP contribution in [0, 0.1) is 11.6 Å². The molecule has 1 heterocycles. The van der Waals surface area contributed by atoms with Crippen molar-refractivity contribution in [2.24, 2.45) is 0 Å². The number of hydrogen-bond acceptors (Lipinski definition) is 2. The van der Waals surface area contributed by atoms with E-state index >= 15 is 0 Å². The third-order valence-corrected chi connectivity index (χ3v) is 4.94. The van der Waals surface area contributed by atoms with Gasteiger partial charge in [0, 0.05) is 19.5 Å². The number of aromatic nitrogens is 1. The molecule has 1 aromatic carbocycles. The van der Waals surface area contributed by atoms with Crippen LogP contribution in [0.5, 0.6) is 0 Å². The van der Waals surface area contributed by atoms with Gasteiger partial charge in [-0.15, -0.1) is 0 Å². The standard InChI is InChI=1S/C15H18F2N2O3Si/c1-23(2,3)7-12(15(21)22)19-14(20)11-5-8-4-9(16)6-10(17)13(8)18-11/h4-6,12,18H,7H2,1-3H3,(H,19,20)(H,21,22)/t12-/m0/s1. The Morgan fingerprint density at radius 1 is 1.26 bits per heavy atom. The maximum absolute atomic E-state index is 13.6. The monoisotopic (exact) mass is 340 g/mol. The number of aliphatic carboxylic acids is 1. The maximum atomic E-state index is 13.6. The summed E-state index contributed by atoms with van der Waals surface area (Å²) in [6.45, 7) is 5.99. The molecular formula is C15H18F2N2O3Si. The van der Waals surface area contributed by atoms with Gasteiger partial charge in [-0.2, -0.15) is 0 Å². The molecule has 0 saturated heterocycles. The molecule has 0 unspecified atom stereocenters. The van der Waals surface area contributed by atoms with Gasteiger partial charge in [0.2, 0.25) is 0 Å². The van der Waals surface area contributed by atoms with Gasteiger partial charge < -0.3 is 15.4 Å². The van der Waals surface area contributed by atoms with E-state index in [0.29, 0.717) is 12.1 Å². The second kappa shape index (κ2) is 6.11. The zero-order chi connectivity index (χ0) is 17.4. The number of rotatable bonds is 5. The summed E-state index contributed by atoms with van der Waals surface area (Å²) >= 11 is 0. The van der Waals surface area contributed by atoms with Crippen LogP contribution >= 0.6 is 0 Å². The lowest BCUT2D eigenvalue weighted by molar-refractivity contribution is -0.138. The second-order valence-corrected chi connectivity index (χ2v) is 12.2. The number of hydrogen-bond donors (Lipinski definition) is 3. The predicted octanol–water partition coefficient (Wildman–Crippen LogP) is 2.97. The SMILES string of the molecule is C[Si](C)(C)C[C@H](NC(=O)c1cc2cc(F)cc(F)c2[nH]1)C(=O)O. The van der Waals surface area contributed by atoms with Gasteiger partial charge in [-0.3, -0.25) is 9.59 Å². The summed E-state index contributed by atoms with van der Waals surface area (Å²) in [7, 11) is -1.71. The van der Waals surface area contributed by atoms with E-state index in [1.165, 1.54) is 6.07 Å². The summed E-state index contributed by atoms with van der Waals surface area (Å²) in [6.07, 6.45) is 0. The molecule has 0 spiro atoms. The average Bonchev–Trinajstić information content (AvgIpc) is 2.80. The highest BCUT2D eigenvalue weighted by atomic mass is 28.3. The number of nitrogens with one attached hydrogen (secondary N) is 2. The van der Waals surface area contributed by atoms with Crippen molar-refractivity contribution in [1.29, 1.82) is 0 Å². The van der Waals surface area contributed by atoms with Crippen LogP contribution < -0.4 is 5.32 Å². The van der Waals surface area contributed by atoms with Crippen molar-refractivity contribution in [3.63, 3.8) is 0 Å². The van der Waals surface area contributed by atoms with E-state index in [1.807, 2.05) is 19.6 Å². The molecule has 1 aromatic heterocycles. The van der Waals surface area contributed by atoms with Gasteiger partial charge in [0.25, 0.3) is 5.91 Å². The predicted molar refractivity (Wildman–Crippen MR) is 85.3 cm³/mol. The molecule has 0 aliphatic rings. The van der Waals surface area contributed by atoms with Crippen LogP contribution in [0.4, 0.5) is 8.78 Å². The lowest BCUT2D eigenvalue weighted by Crippen LogP contribution is -2.45. The van der Waals surface area contributed by atoms with Crippen molar-refractivity contribution in [1.82, 2.24) is 10.3 Å². The maximum Gasteiger partial charge on any atom is 0.325 e. The largest absolute Gasteiger partial charge is 0.480 e. The average molecular weight is 340 g/mol. The van der Waals surface area contributed by atoms with Crippen molar-refractivity contribution >= 4 is 30.9 Å². The molecular weight excluding hydrogens is 322 g/mol. The van der Waals surface area contributed by atoms with Crippen LogP contribution in [0.15, 0.2) is 18.2 Å². The quantitative estimate of drug-likeness (QED) is 0.732. The molecule has 0 radical (unpaired) electrons. The zero-order valence-electron chi connectivity index (χ0n) is 13.0. The first-order chi connectivity index (χ1) is 10.6. The van der Waals surface area contributed by atoms with E-state index in [2.05, 4.69) is 10.3 Å². The molecule has 1 amide bonds. The molecule has 0 aliphatic carbocycles. The summed E-state index contributed by atoms with van der Waals surface area (Å²) in [4.78, 5) is 26.1. The Bertz CT molecular complexity index is 768. The van der Waals surface area contributed by atoms with Crippen LogP contribution in [0.1, 0.15) is 10.5 Å². The zero-order valence-corrected chi connectivity index (χ0v) is 14.0. The molecule has 5 nitrogen and oxygen atoms in total. The fourth-order valence-electron chi connectivity index (χ4n) is 2.34. The number of H-pyrrole nitrogens is 1. The van der Waals surface area contributed by atoms with Gasteiger partial charge in [0.05, 0.1) is 5.52 Å². The molecule has 0 bridgehead atoms. The van der Waals surface area contributed by atoms with Gasteiger partial charge in [0.1, 0.15) is 23.4 Å². The Labute approximate surface area is 132 Å². The lowest BCUT2D eigenvalue weighted by atomic mass is 10.2. The topological polar surface area (TPSA) is 82.2 Å². The van der Waals surface area contributed by atoms with Gasteiger partial charge >= 0.3 is 5.97 Å². The fourth-order valence-corrected chi connectivity index (χ4v) is 3.84. The lowest BCUT2D eigenvalue weighted by Gasteiger charge is -2.22. The molecule has 2 aromatic rings. The van der Waals surface area contributed by atoms with Gasteiger partial charge in [-0.25, -0.2) is 8.78 Å². The Hall–Kier alpha value is -2.22. The van der Waals surface area contributed by atoms with Crippen LogP contribution in [0.2, 0.25) is 25.7 Å². The molecule has 0 aliphatic heterocycles. The highest BCUT2D eigenvalue weighted by molar-refractivity contribution is 6.76. The Morgan fingerprint density at radius 2 is 1.91 bits per heavy atom. The summed E-state index contributed by atoms with van der Waals surface area (Å²) in [5, 5.41) is 11.9. The first-order valence-electron chi connectivity index (χ1n) is 7.08. The smallest absolute Gasteiger partial charge is 0.325 e. The minimum Gasteiger partial charge on any atom is -0.480 e. The van der Waals surface area contributed by atoms with Crippen molar-refractivity contribution in [3.8, 4) is 0 Å². The number of carbonyl (C=O) groups is 2. The van der Waals surface area contributed by atoms with E-state index in [-0.39, 0.29) is 16.6 Å². The Kier molecular flexibility index (Phi) is 4.55. The molecule has 0 fully saturated rings. The van der Waals surface area contributed by atoms with Crippen molar-refractivity contribution in [2.45, 2.75) is 31.7 Å². The summed E-state index contributed by atoms with van der Waals surface area (Å²) in [5.41, 5.74) is -0.0000489. The number of aromatic amines is 1. The second-order valence-electron chi connectivity index (χ2n) is 6.66. The van der Waals surface area contributed by atoms with Gasteiger partial charge in [-0.1, -0.05) is 19.6 Å². The third-order valence-electron chi connectivity index (χ3n) is 3.31. The number of amides is 1. The van der Waals surface area contributed by atoms with Crippen molar-refractivity contribution < 1.29 is 23.5 Å². The molecule has 124 valence electrons. The normalized spacial score (nSPS) is 13.1. The highest BCUT2D eigenvalue weighted by Gasteiger charge is 2.28. The summed E-state index contributed by atoms with van der Waals surface area (Å²) in [6, 6.07) is 2.47. The van der Waals surface area contributed by atoms with E-state index in [4.69, 9.17) is 0 Å². The molecule has 0 saturated carbocycles. The van der Waals surface area contributed by atoms with Gasteiger partial charge in [0.15, 0.2) is 0 Å².